The minimum Gasteiger partial charge on any atom is -0.489 e. The van der Waals surface area contributed by atoms with E-state index in [4.69, 9.17) is 4.74 Å². The molecule has 5 nitrogen and oxygen atoms in total. The van der Waals surface area contributed by atoms with Gasteiger partial charge in [-0.1, -0.05) is 74.5 Å². The van der Waals surface area contributed by atoms with Gasteiger partial charge in [0.15, 0.2) is 5.78 Å². The Morgan fingerprint density at radius 3 is 1.95 bits per heavy atom. The number of nitrogens with one attached hydrogen (secondary N) is 1. The molecular formula is C33H30FNO4. The Morgan fingerprint density at radius 1 is 0.769 bits per heavy atom. The van der Waals surface area contributed by atoms with Gasteiger partial charge in [0.25, 0.3) is 0 Å². The van der Waals surface area contributed by atoms with Crippen molar-refractivity contribution in [3.63, 3.8) is 0 Å². The average molecular weight is 524 g/mol. The lowest BCUT2D eigenvalue weighted by atomic mass is 9.75. The molecule has 0 saturated heterocycles. The maximum atomic E-state index is 13.9. The lowest BCUT2D eigenvalue weighted by molar-refractivity contribution is -0.133. The smallest absolute Gasteiger partial charge is 0.236 e. The second-order valence-electron chi connectivity index (χ2n) is 9.58. The van der Waals surface area contributed by atoms with E-state index in [1.54, 1.807) is 62.4 Å². The number of rotatable bonds is 11. The molecule has 1 N–H and O–H groups in total. The van der Waals surface area contributed by atoms with E-state index in [0.29, 0.717) is 23.6 Å². The number of ether oxygens (including phenoxy) is 1. The Bertz CT molecular complexity index is 1400. The van der Waals surface area contributed by atoms with Crippen LogP contribution in [0, 0.1) is 17.7 Å². The normalized spacial score (nSPS) is 12.4. The van der Waals surface area contributed by atoms with E-state index < -0.39 is 35.3 Å². The molecule has 0 radical (unpaired) electrons. The van der Waals surface area contributed by atoms with Gasteiger partial charge in [0.2, 0.25) is 5.91 Å². The molecule has 39 heavy (non-hydrogen) atoms. The molecule has 0 heterocycles. The number of hydrogen-bond donors (Lipinski definition) is 1. The Hall–Kier alpha value is -4.58. The van der Waals surface area contributed by atoms with Gasteiger partial charge in [0, 0.05) is 17.2 Å². The number of hydrogen-bond acceptors (Lipinski definition) is 4. The van der Waals surface area contributed by atoms with Crippen molar-refractivity contribution in [2.75, 3.05) is 5.32 Å². The van der Waals surface area contributed by atoms with Gasteiger partial charge in [-0.3, -0.25) is 14.4 Å². The highest BCUT2D eigenvalue weighted by molar-refractivity contribution is 6.14. The molecule has 4 rings (SSSR count). The molecule has 6 heteroatoms. The summed E-state index contributed by atoms with van der Waals surface area (Å²) >= 11 is 0. The van der Waals surface area contributed by atoms with Crippen LogP contribution in [-0.4, -0.2) is 17.5 Å². The first-order valence-electron chi connectivity index (χ1n) is 12.8. The van der Waals surface area contributed by atoms with Crippen LogP contribution in [0.3, 0.4) is 0 Å². The van der Waals surface area contributed by atoms with Gasteiger partial charge >= 0.3 is 0 Å². The van der Waals surface area contributed by atoms with E-state index in [2.05, 4.69) is 5.32 Å². The Labute approximate surface area is 227 Å². The van der Waals surface area contributed by atoms with Crippen molar-refractivity contribution in [2.24, 2.45) is 11.8 Å². The number of anilines is 1. The third-order valence-corrected chi connectivity index (χ3v) is 6.43. The maximum Gasteiger partial charge on any atom is 0.236 e. The summed E-state index contributed by atoms with van der Waals surface area (Å²) in [6.45, 7) is 3.77. The second kappa shape index (κ2) is 12.8. The van der Waals surface area contributed by atoms with Crippen molar-refractivity contribution < 1.29 is 23.5 Å². The number of para-hydroxylation sites is 1. The van der Waals surface area contributed by atoms with Crippen LogP contribution in [0.15, 0.2) is 109 Å². The molecule has 4 aromatic rings. The number of Topliss-reactive ketones (excluding diaryl/α,β-unsaturated/α-hetero) is 2. The van der Waals surface area contributed by atoms with Crippen LogP contribution < -0.4 is 10.1 Å². The lowest BCUT2D eigenvalue weighted by Gasteiger charge is -2.26. The number of halogens is 1. The summed E-state index contributed by atoms with van der Waals surface area (Å²) in [6, 6.07) is 30.4. The van der Waals surface area contributed by atoms with Crippen LogP contribution in [0.1, 0.15) is 41.3 Å². The number of benzene rings is 4. The number of carbonyl (C=O) groups excluding carboxylic acids is 3. The largest absolute Gasteiger partial charge is 0.489 e. The first kappa shape index (κ1) is 27.5. The zero-order valence-electron chi connectivity index (χ0n) is 21.8. The predicted molar refractivity (Wildman–Crippen MR) is 149 cm³/mol. The minimum atomic E-state index is -1.31. The number of ketones is 2. The summed E-state index contributed by atoms with van der Waals surface area (Å²) in [5.74, 6) is -4.24. The summed E-state index contributed by atoms with van der Waals surface area (Å²) < 4.78 is 19.5. The quantitative estimate of drug-likeness (QED) is 0.172. The molecule has 0 aromatic heterocycles. The summed E-state index contributed by atoms with van der Waals surface area (Å²) in [4.78, 5) is 41.0. The summed E-state index contributed by atoms with van der Waals surface area (Å²) in [5, 5.41) is 2.80. The predicted octanol–water partition coefficient (Wildman–Crippen LogP) is 6.85. The number of amides is 1. The van der Waals surface area contributed by atoms with E-state index in [1.165, 1.54) is 24.3 Å². The summed E-state index contributed by atoms with van der Waals surface area (Å²) in [5.41, 5.74) is 2.21. The molecule has 1 amide bonds. The van der Waals surface area contributed by atoms with Gasteiger partial charge < -0.3 is 10.1 Å². The zero-order valence-corrected chi connectivity index (χ0v) is 21.8. The molecule has 0 aliphatic rings. The van der Waals surface area contributed by atoms with Crippen LogP contribution in [-0.2, 0) is 16.2 Å². The monoisotopic (exact) mass is 523 g/mol. The van der Waals surface area contributed by atoms with Gasteiger partial charge in [-0.25, -0.2) is 4.39 Å². The van der Waals surface area contributed by atoms with Gasteiger partial charge in [-0.15, -0.1) is 0 Å². The fourth-order valence-electron chi connectivity index (χ4n) is 4.35. The highest BCUT2D eigenvalue weighted by atomic mass is 19.1. The van der Waals surface area contributed by atoms with Gasteiger partial charge in [-0.2, -0.15) is 0 Å². The van der Waals surface area contributed by atoms with Gasteiger partial charge in [0.05, 0.1) is 5.92 Å². The zero-order chi connectivity index (χ0) is 27.8. The lowest BCUT2D eigenvalue weighted by Crippen LogP contribution is -2.40. The molecule has 2 unspecified atom stereocenters. The SMILES string of the molecule is CC(C)C(=O)C(C(=O)Nc1ccccc1)C(C(=O)c1ccc(F)cc1)c1ccc(OCc2ccccc2)cc1. The molecule has 0 fully saturated rings. The van der Waals surface area contributed by atoms with Crippen molar-refractivity contribution in [1.82, 2.24) is 0 Å². The Morgan fingerprint density at radius 2 is 1.36 bits per heavy atom. The molecule has 0 aliphatic heterocycles. The van der Waals surface area contributed by atoms with Crippen molar-refractivity contribution >= 4 is 23.2 Å². The third kappa shape index (κ3) is 7.05. The van der Waals surface area contributed by atoms with Crippen molar-refractivity contribution in [2.45, 2.75) is 26.4 Å². The van der Waals surface area contributed by atoms with Crippen molar-refractivity contribution in [3.8, 4) is 5.75 Å². The van der Waals surface area contributed by atoms with Crippen LogP contribution in [0.25, 0.3) is 0 Å². The fourth-order valence-corrected chi connectivity index (χ4v) is 4.35. The molecule has 0 bridgehead atoms. The molecule has 0 aliphatic carbocycles. The minimum absolute atomic E-state index is 0.208. The van der Waals surface area contributed by atoms with Crippen LogP contribution in [0.2, 0.25) is 0 Å². The van der Waals surface area contributed by atoms with Crippen LogP contribution in [0.5, 0.6) is 5.75 Å². The maximum absolute atomic E-state index is 13.9. The van der Waals surface area contributed by atoms with Crippen molar-refractivity contribution in [1.29, 1.82) is 0 Å². The van der Waals surface area contributed by atoms with Crippen molar-refractivity contribution in [3.05, 3.63) is 132 Å². The standard InChI is InChI=1S/C33H30FNO4/c1-22(2)31(36)30(33(38)35-27-11-7-4-8-12-27)29(32(37)25-13-17-26(34)18-14-25)24-15-19-28(20-16-24)39-21-23-9-5-3-6-10-23/h3-20,22,29-30H,21H2,1-2H3,(H,35,38). The second-order valence-corrected chi connectivity index (χ2v) is 9.58. The van der Waals surface area contributed by atoms with E-state index in [9.17, 15) is 18.8 Å². The van der Waals surface area contributed by atoms with Gasteiger partial charge in [-0.05, 0) is 59.7 Å². The third-order valence-electron chi connectivity index (χ3n) is 6.43. The molecule has 4 aromatic carbocycles. The molecule has 198 valence electrons. The summed E-state index contributed by atoms with van der Waals surface area (Å²) in [6.07, 6.45) is 0. The summed E-state index contributed by atoms with van der Waals surface area (Å²) in [7, 11) is 0. The molecule has 0 spiro atoms. The highest BCUT2D eigenvalue weighted by Gasteiger charge is 2.41. The van der Waals surface area contributed by atoms with E-state index in [0.717, 1.165) is 5.56 Å². The van der Waals surface area contributed by atoms with E-state index >= 15 is 0 Å². The van der Waals surface area contributed by atoms with Crippen LogP contribution >= 0.6 is 0 Å². The highest BCUT2D eigenvalue weighted by Crippen LogP contribution is 2.34. The Balaban J connectivity index is 1.70. The topological polar surface area (TPSA) is 72.5 Å². The molecular weight excluding hydrogens is 493 g/mol. The van der Waals surface area contributed by atoms with E-state index in [-0.39, 0.29) is 11.3 Å². The molecule has 2 atom stereocenters. The first-order valence-corrected chi connectivity index (χ1v) is 12.8. The number of carbonyl (C=O) groups is 3. The van der Waals surface area contributed by atoms with Crippen LogP contribution in [0.4, 0.5) is 10.1 Å². The first-order chi connectivity index (χ1) is 18.8. The van der Waals surface area contributed by atoms with E-state index in [1.807, 2.05) is 36.4 Å². The average Bonchev–Trinajstić information content (AvgIpc) is 2.96. The Kier molecular flexibility index (Phi) is 9.00. The molecule has 0 saturated carbocycles. The fraction of sp³-hybridized carbons (Fsp3) is 0.182. The van der Waals surface area contributed by atoms with Gasteiger partial charge in [0.1, 0.15) is 29.9 Å².